The van der Waals surface area contributed by atoms with Crippen LogP contribution in [0.5, 0.6) is 0 Å². The fraction of sp³-hybridized carbons (Fsp3) is 0.267. The van der Waals surface area contributed by atoms with Crippen LogP contribution in [0.2, 0.25) is 0 Å². The molecule has 0 aliphatic rings. The van der Waals surface area contributed by atoms with E-state index in [0.717, 1.165) is 22.1 Å². The van der Waals surface area contributed by atoms with Gasteiger partial charge in [-0.1, -0.05) is 28.1 Å². The fourth-order valence-corrected chi connectivity index (χ4v) is 2.10. The van der Waals surface area contributed by atoms with Crippen molar-refractivity contribution in [3.63, 3.8) is 0 Å². The highest BCUT2D eigenvalue weighted by Gasteiger charge is 2.15. The van der Waals surface area contributed by atoms with Crippen LogP contribution in [-0.4, -0.2) is 16.1 Å². The van der Waals surface area contributed by atoms with Crippen LogP contribution in [-0.2, 0) is 6.54 Å². The number of aliphatic hydroxyl groups is 1. The van der Waals surface area contributed by atoms with Crippen molar-refractivity contribution in [2.45, 2.75) is 25.6 Å². The number of aliphatic hydroxyl groups excluding tert-OH is 1. The van der Waals surface area contributed by atoms with Crippen molar-refractivity contribution in [3.8, 4) is 0 Å². The van der Waals surface area contributed by atoms with Gasteiger partial charge in [0.05, 0.1) is 6.10 Å². The van der Waals surface area contributed by atoms with Crippen LogP contribution in [0.25, 0.3) is 0 Å². The summed E-state index contributed by atoms with van der Waals surface area (Å²) in [7, 11) is 0. The number of aromatic nitrogens is 1. The van der Waals surface area contributed by atoms with Crippen LogP contribution < -0.4 is 5.32 Å². The van der Waals surface area contributed by atoms with E-state index in [4.69, 9.17) is 0 Å². The molecule has 2 rings (SSSR count). The maximum atomic E-state index is 10.3. The Balaban J connectivity index is 1.92. The molecule has 0 spiro atoms. The van der Waals surface area contributed by atoms with E-state index in [0.29, 0.717) is 0 Å². The maximum Gasteiger partial charge on any atom is 0.0940 e. The first-order valence-electron chi connectivity index (χ1n) is 6.22. The van der Waals surface area contributed by atoms with Gasteiger partial charge >= 0.3 is 0 Å². The van der Waals surface area contributed by atoms with Gasteiger partial charge in [0.1, 0.15) is 0 Å². The van der Waals surface area contributed by atoms with Gasteiger partial charge < -0.3 is 10.4 Å². The Morgan fingerprint density at radius 3 is 2.42 bits per heavy atom. The van der Waals surface area contributed by atoms with Crippen molar-refractivity contribution in [2.24, 2.45) is 0 Å². The smallest absolute Gasteiger partial charge is 0.0940 e. The van der Waals surface area contributed by atoms with Gasteiger partial charge in [0.15, 0.2) is 0 Å². The van der Waals surface area contributed by atoms with E-state index in [1.165, 1.54) is 0 Å². The average molecular weight is 321 g/mol. The second-order valence-electron chi connectivity index (χ2n) is 4.52. The van der Waals surface area contributed by atoms with E-state index in [1.807, 2.05) is 43.3 Å². The van der Waals surface area contributed by atoms with E-state index < -0.39 is 6.10 Å². The molecule has 100 valence electrons. The van der Waals surface area contributed by atoms with Crippen molar-refractivity contribution in [3.05, 3.63) is 64.4 Å². The highest BCUT2D eigenvalue weighted by Crippen LogP contribution is 2.19. The lowest BCUT2D eigenvalue weighted by molar-refractivity contribution is 0.135. The van der Waals surface area contributed by atoms with Crippen LogP contribution >= 0.6 is 15.9 Å². The van der Waals surface area contributed by atoms with Gasteiger partial charge in [0, 0.05) is 29.5 Å². The molecule has 0 fully saturated rings. The zero-order chi connectivity index (χ0) is 13.7. The number of benzene rings is 1. The average Bonchev–Trinajstić information content (AvgIpc) is 2.46. The number of hydrogen-bond acceptors (Lipinski definition) is 3. The van der Waals surface area contributed by atoms with Crippen molar-refractivity contribution >= 4 is 15.9 Å². The standard InChI is InChI=1S/C15H17BrN2O/c1-11(18-10-12-6-8-17-9-7-12)15(19)13-2-4-14(16)5-3-13/h2-9,11,15,18-19H,10H2,1H3. The summed E-state index contributed by atoms with van der Waals surface area (Å²) in [6.45, 7) is 2.70. The molecular weight excluding hydrogens is 304 g/mol. The molecule has 0 radical (unpaired) electrons. The quantitative estimate of drug-likeness (QED) is 0.890. The largest absolute Gasteiger partial charge is 0.387 e. The zero-order valence-corrected chi connectivity index (χ0v) is 12.3. The van der Waals surface area contributed by atoms with E-state index in [1.54, 1.807) is 12.4 Å². The number of pyridine rings is 1. The minimum Gasteiger partial charge on any atom is -0.387 e. The Hall–Kier alpha value is -1.23. The maximum absolute atomic E-state index is 10.3. The predicted octanol–water partition coefficient (Wildman–Crippen LogP) is 3.06. The van der Waals surface area contributed by atoms with Gasteiger partial charge in [0.2, 0.25) is 0 Å². The van der Waals surface area contributed by atoms with E-state index in [-0.39, 0.29) is 6.04 Å². The molecule has 4 heteroatoms. The molecule has 2 N–H and O–H groups in total. The summed E-state index contributed by atoms with van der Waals surface area (Å²) in [5, 5.41) is 13.6. The van der Waals surface area contributed by atoms with Crippen LogP contribution in [0.15, 0.2) is 53.3 Å². The van der Waals surface area contributed by atoms with Crippen molar-refractivity contribution in [2.75, 3.05) is 0 Å². The first kappa shape index (κ1) is 14.2. The first-order valence-corrected chi connectivity index (χ1v) is 7.02. The van der Waals surface area contributed by atoms with Crippen LogP contribution in [0.3, 0.4) is 0 Å². The van der Waals surface area contributed by atoms with Crippen LogP contribution in [0.4, 0.5) is 0 Å². The minimum atomic E-state index is -0.519. The van der Waals surface area contributed by atoms with Gasteiger partial charge in [-0.15, -0.1) is 0 Å². The third-order valence-electron chi connectivity index (χ3n) is 3.06. The second-order valence-corrected chi connectivity index (χ2v) is 5.44. The fourth-order valence-electron chi connectivity index (χ4n) is 1.84. The number of rotatable bonds is 5. The summed E-state index contributed by atoms with van der Waals surface area (Å²) >= 11 is 3.39. The van der Waals surface area contributed by atoms with Crippen molar-refractivity contribution < 1.29 is 5.11 Å². The molecule has 1 aromatic carbocycles. The van der Waals surface area contributed by atoms with E-state index >= 15 is 0 Å². The lowest BCUT2D eigenvalue weighted by atomic mass is 10.0. The monoisotopic (exact) mass is 320 g/mol. The Labute approximate surface area is 121 Å². The molecule has 0 saturated heterocycles. The molecule has 2 atom stereocenters. The van der Waals surface area contributed by atoms with Crippen LogP contribution in [0.1, 0.15) is 24.2 Å². The molecule has 19 heavy (non-hydrogen) atoms. The summed E-state index contributed by atoms with van der Waals surface area (Å²) in [5.41, 5.74) is 2.07. The highest BCUT2D eigenvalue weighted by atomic mass is 79.9. The topological polar surface area (TPSA) is 45.2 Å². The summed E-state index contributed by atoms with van der Waals surface area (Å²) in [6, 6.07) is 11.6. The Kier molecular flexibility index (Phi) is 5.07. The summed E-state index contributed by atoms with van der Waals surface area (Å²) < 4.78 is 1.01. The van der Waals surface area contributed by atoms with Gasteiger partial charge in [-0.25, -0.2) is 0 Å². The Morgan fingerprint density at radius 1 is 1.16 bits per heavy atom. The number of hydrogen-bond donors (Lipinski definition) is 2. The molecule has 2 unspecified atom stereocenters. The molecule has 3 nitrogen and oxygen atoms in total. The van der Waals surface area contributed by atoms with Gasteiger partial charge in [-0.05, 0) is 42.3 Å². The SMILES string of the molecule is CC(NCc1ccncc1)C(O)c1ccc(Br)cc1. The lowest BCUT2D eigenvalue weighted by Gasteiger charge is -2.20. The number of halogens is 1. The van der Waals surface area contributed by atoms with E-state index in [2.05, 4.69) is 26.2 Å². The third kappa shape index (κ3) is 4.13. The van der Waals surface area contributed by atoms with Gasteiger partial charge in [-0.3, -0.25) is 4.98 Å². The van der Waals surface area contributed by atoms with Gasteiger partial charge in [-0.2, -0.15) is 0 Å². The van der Waals surface area contributed by atoms with Gasteiger partial charge in [0.25, 0.3) is 0 Å². The molecular formula is C15H17BrN2O. The summed E-state index contributed by atoms with van der Waals surface area (Å²) in [5.74, 6) is 0. The lowest BCUT2D eigenvalue weighted by Crippen LogP contribution is -2.31. The number of nitrogens with one attached hydrogen (secondary N) is 1. The van der Waals surface area contributed by atoms with Crippen molar-refractivity contribution in [1.29, 1.82) is 0 Å². The second kappa shape index (κ2) is 6.80. The highest BCUT2D eigenvalue weighted by molar-refractivity contribution is 9.10. The Bertz CT molecular complexity index is 501. The first-order chi connectivity index (χ1) is 9.16. The normalized spacial score (nSPS) is 14.1. The van der Waals surface area contributed by atoms with E-state index in [9.17, 15) is 5.11 Å². The molecule has 0 saturated carbocycles. The third-order valence-corrected chi connectivity index (χ3v) is 3.59. The molecule has 0 aliphatic carbocycles. The minimum absolute atomic E-state index is 0.0191. The number of nitrogens with zero attached hydrogens (tertiary/aromatic N) is 1. The van der Waals surface area contributed by atoms with Crippen LogP contribution in [0, 0.1) is 0 Å². The predicted molar refractivity (Wildman–Crippen MR) is 79.6 cm³/mol. The molecule has 0 amide bonds. The summed E-state index contributed by atoms with van der Waals surface area (Å²) in [4.78, 5) is 3.98. The molecule has 0 aliphatic heterocycles. The molecule has 2 aromatic rings. The molecule has 1 aromatic heterocycles. The zero-order valence-electron chi connectivity index (χ0n) is 10.8. The Morgan fingerprint density at radius 2 is 1.79 bits per heavy atom. The van der Waals surface area contributed by atoms with Crippen molar-refractivity contribution in [1.82, 2.24) is 10.3 Å². The molecule has 1 heterocycles. The summed E-state index contributed by atoms with van der Waals surface area (Å²) in [6.07, 6.45) is 3.02. The molecule has 0 bridgehead atoms.